The highest BCUT2D eigenvalue weighted by Gasteiger charge is 2.30. The Morgan fingerprint density at radius 2 is 1.44 bits per heavy atom. The van der Waals surface area contributed by atoms with Gasteiger partial charge in [0.2, 0.25) is 5.91 Å². The first kappa shape index (κ1) is 31.7. The van der Waals surface area contributed by atoms with Gasteiger partial charge in [0.05, 0.1) is 32.0 Å². The smallest absolute Gasteiger partial charge is 0.254 e. The fourth-order valence-corrected chi connectivity index (χ4v) is 4.04. The number of halogens is 1. The van der Waals surface area contributed by atoms with E-state index in [9.17, 15) is 34.8 Å². The number of aliphatic hydroxyl groups is 4. The summed E-state index contributed by atoms with van der Waals surface area (Å²) in [4.78, 5) is 42.0. The Morgan fingerprint density at radius 1 is 0.944 bits per heavy atom. The minimum atomic E-state index is -1.15. The van der Waals surface area contributed by atoms with E-state index in [0.717, 1.165) is 0 Å². The van der Waals surface area contributed by atoms with Gasteiger partial charge in [-0.25, -0.2) is 0 Å². The van der Waals surface area contributed by atoms with Gasteiger partial charge in [0.25, 0.3) is 11.8 Å². The number of ether oxygens (including phenoxy) is 1. The number of likely N-dealkylation sites (N-methyl/N-ethyl adjacent to an activating group) is 2. The number of nitrogens with one attached hydrogen (secondary N) is 1. The van der Waals surface area contributed by atoms with Crippen LogP contribution in [-0.2, 0) is 16.0 Å². The number of carbonyl (C=O) groups is 3. The molecule has 0 radical (unpaired) electrons. The Morgan fingerprint density at radius 3 is 1.89 bits per heavy atom. The van der Waals surface area contributed by atoms with Gasteiger partial charge in [-0.15, -0.1) is 11.6 Å². The second-order valence-electron chi connectivity index (χ2n) is 8.54. The fourth-order valence-electron chi connectivity index (χ4n) is 3.93. The molecule has 0 aliphatic heterocycles. The first-order chi connectivity index (χ1) is 16.9. The highest BCUT2D eigenvalue weighted by molar-refractivity contribution is 6.18. The Balaban J connectivity index is 3.71. The lowest BCUT2D eigenvalue weighted by Gasteiger charge is -2.28. The third-order valence-electron chi connectivity index (χ3n) is 5.69. The highest BCUT2D eigenvalue weighted by atomic mass is 35.5. The number of alkyl halides is 1. The van der Waals surface area contributed by atoms with Gasteiger partial charge in [-0.2, -0.15) is 0 Å². The first-order valence-corrected chi connectivity index (χ1v) is 12.2. The van der Waals surface area contributed by atoms with Crippen LogP contribution in [0, 0.1) is 13.8 Å². The van der Waals surface area contributed by atoms with Crippen molar-refractivity contribution in [1.29, 1.82) is 0 Å². The van der Waals surface area contributed by atoms with Crippen molar-refractivity contribution in [2.45, 2.75) is 39.4 Å². The second kappa shape index (κ2) is 15.1. The molecule has 0 aliphatic rings. The Hall–Kier alpha value is -2.28. The lowest BCUT2D eigenvalue weighted by atomic mass is 9.87. The molecule has 0 aromatic heterocycles. The first-order valence-electron chi connectivity index (χ1n) is 11.6. The maximum atomic E-state index is 13.5. The molecule has 0 fully saturated rings. The Bertz CT molecular complexity index is 927. The quantitative estimate of drug-likeness (QED) is 0.164. The summed E-state index contributed by atoms with van der Waals surface area (Å²) < 4.78 is 5.20. The molecule has 2 unspecified atom stereocenters. The van der Waals surface area contributed by atoms with Crippen molar-refractivity contribution < 1.29 is 39.5 Å². The van der Waals surface area contributed by atoms with Crippen molar-refractivity contribution >= 4 is 35.0 Å². The lowest BCUT2D eigenvalue weighted by molar-refractivity contribution is -0.120. The zero-order valence-electron chi connectivity index (χ0n) is 21.5. The average molecular weight is 532 g/mol. The predicted molar refractivity (Wildman–Crippen MR) is 136 cm³/mol. The number of aliphatic hydroxyl groups excluding tert-OH is 4. The molecule has 0 spiro atoms. The van der Waals surface area contributed by atoms with Gasteiger partial charge >= 0.3 is 0 Å². The van der Waals surface area contributed by atoms with Crippen LogP contribution in [0.3, 0.4) is 0 Å². The minimum Gasteiger partial charge on any atom is -0.394 e. The summed E-state index contributed by atoms with van der Waals surface area (Å²) in [6.07, 6.45) is -1.97. The summed E-state index contributed by atoms with van der Waals surface area (Å²) in [5.74, 6) is -1.29. The molecule has 0 bridgehead atoms. The summed E-state index contributed by atoms with van der Waals surface area (Å²) in [6.45, 7) is 3.61. The van der Waals surface area contributed by atoms with Crippen LogP contribution in [0.15, 0.2) is 0 Å². The van der Waals surface area contributed by atoms with Crippen LogP contribution in [0.25, 0.3) is 0 Å². The molecule has 3 amide bonds. The Labute approximate surface area is 216 Å². The molecule has 0 saturated carbocycles. The predicted octanol–water partition coefficient (Wildman–Crippen LogP) is -0.0899. The van der Waals surface area contributed by atoms with Crippen LogP contribution in [0.4, 0.5) is 5.69 Å². The normalized spacial score (nSPS) is 12.7. The van der Waals surface area contributed by atoms with E-state index in [2.05, 4.69) is 5.32 Å². The van der Waals surface area contributed by atoms with Gasteiger partial charge in [-0.3, -0.25) is 14.4 Å². The molecule has 36 heavy (non-hydrogen) atoms. The maximum Gasteiger partial charge on any atom is 0.254 e. The third kappa shape index (κ3) is 8.12. The van der Waals surface area contributed by atoms with Gasteiger partial charge in [0.15, 0.2) is 0 Å². The van der Waals surface area contributed by atoms with Crippen LogP contribution >= 0.6 is 11.6 Å². The number of anilines is 1. The zero-order chi connectivity index (χ0) is 27.6. The summed E-state index contributed by atoms with van der Waals surface area (Å²) in [5.41, 5.74) is 1.94. The van der Waals surface area contributed by atoms with Crippen LogP contribution in [0.5, 0.6) is 0 Å². The van der Waals surface area contributed by atoms with Crippen LogP contribution in [0.2, 0.25) is 0 Å². The summed E-state index contributed by atoms with van der Waals surface area (Å²) >= 11 is 5.59. The summed E-state index contributed by atoms with van der Waals surface area (Å²) in [6, 6.07) is 0. The van der Waals surface area contributed by atoms with Crippen LogP contribution in [0.1, 0.15) is 44.3 Å². The molecule has 0 saturated heterocycles. The van der Waals surface area contributed by atoms with Crippen LogP contribution in [-0.4, -0.2) is 120 Å². The molecule has 2 atom stereocenters. The van der Waals surface area contributed by atoms with Gasteiger partial charge in [0.1, 0.15) is 6.61 Å². The fraction of sp³-hybridized carbons (Fsp3) is 0.625. The van der Waals surface area contributed by atoms with E-state index in [4.69, 9.17) is 16.3 Å². The van der Waals surface area contributed by atoms with Crippen molar-refractivity contribution in [2.24, 2.45) is 0 Å². The molecule has 12 heteroatoms. The van der Waals surface area contributed by atoms with E-state index in [0.29, 0.717) is 28.8 Å². The van der Waals surface area contributed by atoms with Gasteiger partial charge < -0.3 is 40.3 Å². The van der Waals surface area contributed by atoms with Gasteiger partial charge in [-0.1, -0.05) is 6.92 Å². The number of benzene rings is 1. The van der Waals surface area contributed by atoms with Crippen molar-refractivity contribution in [2.75, 3.05) is 64.8 Å². The van der Waals surface area contributed by atoms with Crippen molar-refractivity contribution in [3.8, 4) is 0 Å². The van der Waals surface area contributed by atoms with Gasteiger partial charge in [0, 0.05) is 49.9 Å². The molecule has 1 aromatic rings. The molecule has 1 aromatic carbocycles. The largest absolute Gasteiger partial charge is 0.394 e. The van der Waals surface area contributed by atoms with E-state index in [1.807, 2.05) is 0 Å². The number of hydrogen-bond donors (Lipinski definition) is 5. The number of amides is 3. The summed E-state index contributed by atoms with van der Waals surface area (Å²) in [7, 11) is 2.92. The number of rotatable bonds is 14. The van der Waals surface area contributed by atoms with Crippen LogP contribution < -0.4 is 5.32 Å². The molecule has 5 N–H and O–H groups in total. The molecule has 204 valence electrons. The zero-order valence-corrected chi connectivity index (χ0v) is 22.3. The number of nitrogens with zero attached hydrogens (tertiary/aromatic N) is 2. The topological polar surface area (TPSA) is 160 Å². The van der Waals surface area contributed by atoms with E-state index in [1.165, 1.54) is 23.9 Å². The Kier molecular flexibility index (Phi) is 13.3. The molecular weight excluding hydrogens is 494 g/mol. The molecular formula is C24H38ClN3O8. The second-order valence-corrected chi connectivity index (χ2v) is 8.92. The number of carbonyl (C=O) groups excluding carboxylic acids is 3. The highest BCUT2D eigenvalue weighted by Crippen LogP contribution is 2.34. The average Bonchev–Trinajstić information content (AvgIpc) is 2.84. The van der Waals surface area contributed by atoms with E-state index < -0.39 is 43.1 Å². The molecule has 0 heterocycles. The maximum absolute atomic E-state index is 13.5. The van der Waals surface area contributed by atoms with Crippen molar-refractivity contribution in [3.63, 3.8) is 0 Å². The van der Waals surface area contributed by atoms with E-state index in [1.54, 1.807) is 20.8 Å². The SMILES string of the molecule is CCc1c(NC(=O)COCCCl)c(C)c(C(=O)N(C)CC(O)CO)c(C)c1C(=O)N(C)CC(O)CO. The number of hydrogen-bond acceptors (Lipinski definition) is 8. The van der Waals surface area contributed by atoms with E-state index in [-0.39, 0.29) is 43.3 Å². The molecule has 11 nitrogen and oxygen atoms in total. The lowest BCUT2D eigenvalue weighted by Crippen LogP contribution is -2.39. The van der Waals surface area contributed by atoms with E-state index >= 15 is 0 Å². The third-order valence-corrected chi connectivity index (χ3v) is 5.84. The summed E-state index contributed by atoms with van der Waals surface area (Å²) in [5, 5.41) is 40.8. The van der Waals surface area contributed by atoms with Crippen molar-refractivity contribution in [3.05, 3.63) is 27.8 Å². The van der Waals surface area contributed by atoms with Gasteiger partial charge in [-0.05, 0) is 37.0 Å². The minimum absolute atomic E-state index is 0.147. The standard InChI is InChI=1S/C24H38ClN3O8/c1-6-18-21(24(35)28(5)10-17(32)12-30)14(2)20(23(34)27(4)9-16(31)11-29)15(3)22(18)26-19(33)13-36-8-7-25/h16-17,29-32H,6-13H2,1-5H3,(H,26,33). The molecule has 0 aliphatic carbocycles. The molecule has 1 rings (SSSR count). The monoisotopic (exact) mass is 531 g/mol. The van der Waals surface area contributed by atoms with Crippen molar-refractivity contribution in [1.82, 2.24) is 9.80 Å².